The van der Waals surface area contributed by atoms with Crippen molar-refractivity contribution >= 4 is 15.5 Å². The highest BCUT2D eigenvalue weighted by Gasteiger charge is 2.10. The van der Waals surface area contributed by atoms with Crippen molar-refractivity contribution in [2.45, 2.75) is 13.0 Å². The lowest BCUT2D eigenvalue weighted by Gasteiger charge is -2.12. The number of sulfone groups is 1. The van der Waals surface area contributed by atoms with Gasteiger partial charge in [0.1, 0.15) is 9.84 Å². The Morgan fingerprint density at radius 3 is 2.80 bits per heavy atom. The first-order valence-corrected chi connectivity index (χ1v) is 6.42. The molecule has 0 aliphatic carbocycles. The lowest BCUT2D eigenvalue weighted by Crippen LogP contribution is -2.25. The van der Waals surface area contributed by atoms with E-state index in [9.17, 15) is 13.2 Å². The van der Waals surface area contributed by atoms with E-state index >= 15 is 0 Å². The predicted octanol–water partition coefficient (Wildman–Crippen LogP) is -0.385. The summed E-state index contributed by atoms with van der Waals surface area (Å²) in [7, 11) is -3.02. The first-order chi connectivity index (χ1) is 6.87. The summed E-state index contributed by atoms with van der Waals surface area (Å²) >= 11 is 0. The van der Waals surface area contributed by atoms with Crippen LogP contribution < -0.4 is 10.9 Å². The number of rotatable bonds is 4. The number of H-pyrrole nitrogens is 1. The van der Waals surface area contributed by atoms with Crippen molar-refractivity contribution in [3.8, 4) is 0 Å². The number of aromatic amines is 1. The maximum Gasteiger partial charge on any atom is 0.266 e. The second-order valence-electron chi connectivity index (χ2n) is 3.47. The van der Waals surface area contributed by atoms with Gasteiger partial charge in [0.2, 0.25) is 0 Å². The van der Waals surface area contributed by atoms with E-state index in [2.05, 4.69) is 15.5 Å². The normalized spacial score (nSPS) is 13.5. The van der Waals surface area contributed by atoms with Crippen LogP contribution in [0, 0.1) is 0 Å². The van der Waals surface area contributed by atoms with E-state index < -0.39 is 9.84 Å². The Bertz CT molecular complexity index is 480. The highest BCUT2D eigenvalue weighted by atomic mass is 32.2. The molecule has 0 aliphatic heterocycles. The highest BCUT2D eigenvalue weighted by molar-refractivity contribution is 7.90. The molecule has 6 nitrogen and oxygen atoms in total. The van der Waals surface area contributed by atoms with Crippen molar-refractivity contribution in [1.82, 2.24) is 10.2 Å². The van der Waals surface area contributed by atoms with Gasteiger partial charge < -0.3 is 5.32 Å². The fourth-order valence-corrected chi connectivity index (χ4v) is 2.23. The lowest BCUT2D eigenvalue weighted by molar-refractivity contribution is 0.598. The SMILES string of the molecule is CC(CS(C)(=O)=O)Nc1cn[nH]c(=O)c1. The molecule has 1 rings (SSSR count). The first kappa shape index (κ1) is 11.7. The van der Waals surface area contributed by atoms with Crippen LogP contribution >= 0.6 is 0 Å². The number of nitrogens with zero attached hydrogens (tertiary/aromatic N) is 1. The van der Waals surface area contributed by atoms with E-state index in [0.29, 0.717) is 5.69 Å². The van der Waals surface area contributed by atoms with Gasteiger partial charge in [0.05, 0.1) is 17.6 Å². The maximum absolute atomic E-state index is 11.0. The van der Waals surface area contributed by atoms with E-state index in [1.165, 1.54) is 18.5 Å². The molecule has 1 aromatic rings. The minimum Gasteiger partial charge on any atom is -0.380 e. The molecule has 84 valence electrons. The van der Waals surface area contributed by atoms with E-state index in [4.69, 9.17) is 0 Å². The molecule has 15 heavy (non-hydrogen) atoms. The Balaban J connectivity index is 2.67. The van der Waals surface area contributed by atoms with Crippen LogP contribution in [0.3, 0.4) is 0 Å². The fourth-order valence-electron chi connectivity index (χ4n) is 1.24. The molecular weight excluding hydrogens is 218 g/mol. The molecule has 1 unspecified atom stereocenters. The molecule has 1 atom stereocenters. The van der Waals surface area contributed by atoms with Gasteiger partial charge >= 0.3 is 0 Å². The third-order valence-corrected chi connectivity index (χ3v) is 2.74. The van der Waals surface area contributed by atoms with E-state index in [1.807, 2.05) is 0 Å². The topological polar surface area (TPSA) is 91.9 Å². The van der Waals surface area contributed by atoms with Gasteiger partial charge in [-0.3, -0.25) is 4.79 Å². The third kappa shape index (κ3) is 4.59. The number of nitrogens with one attached hydrogen (secondary N) is 2. The van der Waals surface area contributed by atoms with Crippen molar-refractivity contribution in [2.24, 2.45) is 0 Å². The van der Waals surface area contributed by atoms with Crippen molar-refractivity contribution in [3.63, 3.8) is 0 Å². The molecule has 2 N–H and O–H groups in total. The zero-order valence-corrected chi connectivity index (χ0v) is 9.34. The molecule has 0 amide bonds. The molecule has 1 aromatic heterocycles. The highest BCUT2D eigenvalue weighted by Crippen LogP contribution is 2.03. The molecule has 7 heteroatoms. The summed E-state index contributed by atoms with van der Waals surface area (Å²) in [5.74, 6) is 0.0137. The standard InChI is InChI=1S/C8H13N3O3S/c1-6(5-15(2,13)14)10-7-3-8(12)11-9-4-7/h3-4,6H,5H2,1-2H3,(H2,10,11,12). The summed E-state index contributed by atoms with van der Waals surface area (Å²) in [6, 6.07) is 1.06. The minimum atomic E-state index is -3.02. The number of hydrogen-bond acceptors (Lipinski definition) is 5. The predicted molar refractivity (Wildman–Crippen MR) is 57.7 cm³/mol. The summed E-state index contributed by atoms with van der Waals surface area (Å²) < 4.78 is 22.0. The quantitative estimate of drug-likeness (QED) is 0.736. The van der Waals surface area contributed by atoms with Crippen LogP contribution in [0.15, 0.2) is 17.1 Å². The number of anilines is 1. The van der Waals surface area contributed by atoms with E-state index in [-0.39, 0.29) is 17.4 Å². The molecule has 0 radical (unpaired) electrons. The molecule has 0 saturated carbocycles. The van der Waals surface area contributed by atoms with Gasteiger partial charge in [-0.05, 0) is 6.92 Å². The van der Waals surface area contributed by atoms with Gasteiger partial charge in [0.15, 0.2) is 0 Å². The second-order valence-corrected chi connectivity index (χ2v) is 5.66. The van der Waals surface area contributed by atoms with Crippen LogP contribution in [-0.4, -0.2) is 36.7 Å². The van der Waals surface area contributed by atoms with Gasteiger partial charge in [-0.25, -0.2) is 13.5 Å². The Kier molecular flexibility index (Phi) is 3.46. The smallest absolute Gasteiger partial charge is 0.266 e. The van der Waals surface area contributed by atoms with Crippen molar-refractivity contribution in [3.05, 3.63) is 22.6 Å². The minimum absolute atomic E-state index is 0.0137. The van der Waals surface area contributed by atoms with E-state index in [1.54, 1.807) is 6.92 Å². The zero-order valence-electron chi connectivity index (χ0n) is 8.52. The summed E-state index contributed by atoms with van der Waals surface area (Å²) in [4.78, 5) is 10.9. The Morgan fingerprint density at radius 1 is 1.60 bits per heavy atom. The van der Waals surface area contributed by atoms with Gasteiger partial charge in [0, 0.05) is 18.4 Å². The number of hydrogen-bond donors (Lipinski definition) is 2. The van der Waals surface area contributed by atoms with Gasteiger partial charge in [-0.2, -0.15) is 5.10 Å². The summed E-state index contributed by atoms with van der Waals surface area (Å²) in [6.07, 6.45) is 2.60. The largest absolute Gasteiger partial charge is 0.380 e. The molecule has 0 spiro atoms. The average Bonchev–Trinajstić information content (AvgIpc) is 1.99. The molecule has 0 aromatic carbocycles. The summed E-state index contributed by atoms with van der Waals surface area (Å²) in [6.45, 7) is 1.72. The van der Waals surface area contributed by atoms with Gasteiger partial charge in [-0.1, -0.05) is 0 Å². The van der Waals surface area contributed by atoms with Crippen molar-refractivity contribution in [1.29, 1.82) is 0 Å². The summed E-state index contributed by atoms with van der Waals surface area (Å²) in [5, 5.41) is 8.69. The Labute approximate surface area is 87.6 Å². The van der Waals surface area contributed by atoms with Crippen LogP contribution in [-0.2, 0) is 9.84 Å². The zero-order chi connectivity index (χ0) is 11.5. The Hall–Kier alpha value is -1.37. The average molecular weight is 231 g/mol. The van der Waals surface area contributed by atoms with Crippen LogP contribution in [0.25, 0.3) is 0 Å². The molecule has 1 heterocycles. The first-order valence-electron chi connectivity index (χ1n) is 4.36. The number of aromatic nitrogens is 2. The third-order valence-electron chi connectivity index (χ3n) is 1.63. The Morgan fingerprint density at radius 2 is 2.27 bits per heavy atom. The summed E-state index contributed by atoms with van der Waals surface area (Å²) in [5.41, 5.74) is 0.182. The van der Waals surface area contributed by atoms with Gasteiger partial charge in [0.25, 0.3) is 5.56 Å². The van der Waals surface area contributed by atoms with Crippen LogP contribution in [0.2, 0.25) is 0 Å². The van der Waals surface area contributed by atoms with Crippen LogP contribution in [0.5, 0.6) is 0 Å². The molecule has 0 bridgehead atoms. The molecular formula is C8H13N3O3S. The maximum atomic E-state index is 11.0. The van der Waals surface area contributed by atoms with Crippen LogP contribution in [0.1, 0.15) is 6.92 Å². The van der Waals surface area contributed by atoms with Gasteiger partial charge in [-0.15, -0.1) is 0 Å². The van der Waals surface area contributed by atoms with Crippen molar-refractivity contribution in [2.75, 3.05) is 17.3 Å². The monoisotopic (exact) mass is 231 g/mol. The lowest BCUT2D eigenvalue weighted by atomic mass is 10.3. The van der Waals surface area contributed by atoms with Crippen molar-refractivity contribution < 1.29 is 8.42 Å². The molecule has 0 aliphatic rings. The fraction of sp³-hybridized carbons (Fsp3) is 0.500. The molecule has 0 fully saturated rings. The molecule has 0 saturated heterocycles. The van der Waals surface area contributed by atoms with E-state index in [0.717, 1.165) is 0 Å². The van der Waals surface area contributed by atoms with Crippen LogP contribution in [0.4, 0.5) is 5.69 Å². The second kappa shape index (κ2) is 4.43.